The molecule has 1 aromatic heterocycles. The monoisotopic (exact) mass is 439 g/mol. The number of ether oxygens (including phenoxy) is 1. The molecular formula is C29H29NO3. The Hall–Kier alpha value is -3.79. The third kappa shape index (κ3) is 4.85. The standard InChI is InChI=1S/C29H29NO3/c1-6-32-27-16-28-25(26(17-33-28)23-12-9-19(3)13-20(23)4)15-24(27)21(5)14-29(31)30-22-10-7-18(2)8-11-22/h7-17H,6H2,1-5H3,(H,30,31)/b21-14+. The molecule has 168 valence electrons. The fourth-order valence-corrected chi connectivity index (χ4v) is 4.05. The van der Waals surface area contributed by atoms with Crippen LogP contribution in [0.3, 0.4) is 0 Å². The van der Waals surface area contributed by atoms with E-state index >= 15 is 0 Å². The first kappa shape index (κ1) is 22.4. The molecule has 0 aliphatic carbocycles. The highest BCUT2D eigenvalue weighted by Crippen LogP contribution is 2.38. The highest BCUT2D eigenvalue weighted by Gasteiger charge is 2.16. The molecule has 0 bridgehead atoms. The number of rotatable bonds is 6. The number of anilines is 1. The number of aryl methyl sites for hydroxylation is 3. The number of hydrogen-bond donors (Lipinski definition) is 1. The Labute approximate surface area is 194 Å². The van der Waals surface area contributed by atoms with Gasteiger partial charge in [0, 0.05) is 34.3 Å². The summed E-state index contributed by atoms with van der Waals surface area (Å²) in [4.78, 5) is 12.7. The lowest BCUT2D eigenvalue weighted by Gasteiger charge is -2.12. The van der Waals surface area contributed by atoms with Crippen molar-refractivity contribution in [2.75, 3.05) is 11.9 Å². The number of furan rings is 1. The van der Waals surface area contributed by atoms with Crippen molar-refractivity contribution in [3.8, 4) is 16.9 Å². The second kappa shape index (κ2) is 9.37. The zero-order valence-corrected chi connectivity index (χ0v) is 19.8. The summed E-state index contributed by atoms with van der Waals surface area (Å²) in [5.74, 6) is 0.518. The maximum Gasteiger partial charge on any atom is 0.248 e. The van der Waals surface area contributed by atoms with Gasteiger partial charge in [0.2, 0.25) is 5.91 Å². The van der Waals surface area contributed by atoms with Gasteiger partial charge >= 0.3 is 0 Å². The highest BCUT2D eigenvalue weighted by molar-refractivity contribution is 6.05. The minimum atomic E-state index is -0.180. The normalized spacial score (nSPS) is 11.6. The van der Waals surface area contributed by atoms with Crippen LogP contribution < -0.4 is 10.1 Å². The van der Waals surface area contributed by atoms with Gasteiger partial charge in [-0.25, -0.2) is 0 Å². The fourth-order valence-electron chi connectivity index (χ4n) is 4.05. The average molecular weight is 440 g/mol. The lowest BCUT2D eigenvalue weighted by atomic mass is 9.96. The van der Waals surface area contributed by atoms with Gasteiger partial charge in [-0.15, -0.1) is 0 Å². The van der Waals surface area contributed by atoms with Gasteiger partial charge in [-0.3, -0.25) is 4.79 Å². The minimum absolute atomic E-state index is 0.180. The SMILES string of the molecule is CCOc1cc2occ(-c3ccc(C)cc3C)c2cc1/C(C)=C/C(=O)Nc1ccc(C)cc1. The summed E-state index contributed by atoms with van der Waals surface area (Å²) in [7, 11) is 0. The van der Waals surface area contributed by atoms with E-state index in [1.54, 1.807) is 12.3 Å². The molecule has 0 fully saturated rings. The van der Waals surface area contributed by atoms with Crippen LogP contribution in [-0.2, 0) is 4.79 Å². The van der Waals surface area contributed by atoms with Gasteiger partial charge in [-0.05, 0) is 69.5 Å². The minimum Gasteiger partial charge on any atom is -0.493 e. The topological polar surface area (TPSA) is 51.5 Å². The largest absolute Gasteiger partial charge is 0.493 e. The second-order valence-electron chi connectivity index (χ2n) is 8.43. The molecule has 0 unspecified atom stereocenters. The second-order valence-corrected chi connectivity index (χ2v) is 8.43. The van der Waals surface area contributed by atoms with Gasteiger partial charge < -0.3 is 14.5 Å². The number of amides is 1. The first-order chi connectivity index (χ1) is 15.9. The molecule has 4 aromatic rings. The summed E-state index contributed by atoms with van der Waals surface area (Å²) in [5.41, 5.74) is 8.94. The maximum absolute atomic E-state index is 12.7. The number of allylic oxidation sites excluding steroid dienone is 1. The first-order valence-electron chi connectivity index (χ1n) is 11.2. The van der Waals surface area contributed by atoms with Crippen LogP contribution >= 0.6 is 0 Å². The fraction of sp³-hybridized carbons (Fsp3) is 0.207. The van der Waals surface area contributed by atoms with E-state index in [4.69, 9.17) is 9.15 Å². The summed E-state index contributed by atoms with van der Waals surface area (Å²) in [5, 5.41) is 3.92. The van der Waals surface area contributed by atoms with Crippen molar-refractivity contribution < 1.29 is 13.9 Å². The number of nitrogens with one attached hydrogen (secondary N) is 1. The Balaban J connectivity index is 1.74. The molecule has 0 saturated carbocycles. The molecule has 0 atom stereocenters. The Morgan fingerprint density at radius 2 is 1.70 bits per heavy atom. The molecular weight excluding hydrogens is 410 g/mol. The van der Waals surface area contributed by atoms with Crippen molar-refractivity contribution in [3.05, 3.63) is 89.2 Å². The molecule has 3 aromatic carbocycles. The third-order valence-electron chi connectivity index (χ3n) is 5.74. The first-order valence-corrected chi connectivity index (χ1v) is 11.2. The summed E-state index contributed by atoms with van der Waals surface area (Å²) < 4.78 is 11.8. The molecule has 4 heteroatoms. The number of carbonyl (C=O) groups excluding carboxylic acids is 1. The van der Waals surface area contributed by atoms with Crippen LogP contribution in [0.2, 0.25) is 0 Å². The zero-order chi connectivity index (χ0) is 23.5. The number of benzene rings is 3. The zero-order valence-electron chi connectivity index (χ0n) is 19.8. The number of fused-ring (bicyclic) bond motifs is 1. The van der Waals surface area contributed by atoms with Crippen LogP contribution in [0.1, 0.15) is 36.1 Å². The number of hydrogen-bond acceptors (Lipinski definition) is 3. The van der Waals surface area contributed by atoms with Gasteiger partial charge in [0.1, 0.15) is 11.3 Å². The van der Waals surface area contributed by atoms with Crippen molar-refractivity contribution in [1.82, 2.24) is 0 Å². The summed E-state index contributed by atoms with van der Waals surface area (Å²) in [6.45, 7) is 10.6. The molecule has 4 nitrogen and oxygen atoms in total. The van der Waals surface area contributed by atoms with E-state index in [2.05, 4.69) is 43.4 Å². The van der Waals surface area contributed by atoms with Crippen LogP contribution in [0.5, 0.6) is 5.75 Å². The third-order valence-corrected chi connectivity index (χ3v) is 5.74. The Bertz CT molecular complexity index is 1340. The highest BCUT2D eigenvalue weighted by atomic mass is 16.5. The lowest BCUT2D eigenvalue weighted by Crippen LogP contribution is -2.08. The molecule has 0 radical (unpaired) electrons. The molecule has 33 heavy (non-hydrogen) atoms. The van der Waals surface area contributed by atoms with Crippen molar-refractivity contribution in [2.45, 2.75) is 34.6 Å². The van der Waals surface area contributed by atoms with Gasteiger partial charge in [0.05, 0.1) is 12.9 Å². The van der Waals surface area contributed by atoms with Crippen molar-refractivity contribution >= 4 is 28.1 Å². The van der Waals surface area contributed by atoms with Gasteiger partial charge in [0.15, 0.2) is 0 Å². The molecule has 1 heterocycles. The quantitative estimate of drug-likeness (QED) is 0.317. The molecule has 4 rings (SSSR count). The van der Waals surface area contributed by atoms with E-state index in [0.717, 1.165) is 44.5 Å². The molecule has 1 amide bonds. The molecule has 0 aliphatic heterocycles. The molecule has 0 saturated heterocycles. The van der Waals surface area contributed by atoms with Crippen molar-refractivity contribution in [3.63, 3.8) is 0 Å². The predicted octanol–water partition coefficient (Wildman–Crippen LogP) is 7.47. The maximum atomic E-state index is 12.7. The van der Waals surface area contributed by atoms with E-state index in [0.29, 0.717) is 12.4 Å². The Morgan fingerprint density at radius 1 is 0.970 bits per heavy atom. The molecule has 1 N–H and O–H groups in total. The van der Waals surface area contributed by atoms with Gasteiger partial charge in [-0.2, -0.15) is 0 Å². The summed E-state index contributed by atoms with van der Waals surface area (Å²) in [6, 6.07) is 18.1. The van der Waals surface area contributed by atoms with E-state index in [1.165, 1.54) is 11.1 Å². The van der Waals surface area contributed by atoms with Crippen molar-refractivity contribution in [1.29, 1.82) is 0 Å². The van der Waals surface area contributed by atoms with Gasteiger partial charge in [0.25, 0.3) is 0 Å². The molecule has 0 aliphatic rings. The Kier molecular flexibility index (Phi) is 6.36. The summed E-state index contributed by atoms with van der Waals surface area (Å²) in [6.07, 6.45) is 3.41. The number of carbonyl (C=O) groups is 1. The van der Waals surface area contributed by atoms with E-state index in [1.807, 2.05) is 51.1 Å². The molecule has 0 spiro atoms. The predicted molar refractivity (Wildman–Crippen MR) is 136 cm³/mol. The van der Waals surface area contributed by atoms with Crippen LogP contribution in [0.15, 0.2) is 71.4 Å². The van der Waals surface area contributed by atoms with Crippen molar-refractivity contribution in [2.24, 2.45) is 0 Å². The van der Waals surface area contributed by atoms with Crippen LogP contribution in [0.4, 0.5) is 5.69 Å². The van der Waals surface area contributed by atoms with E-state index < -0.39 is 0 Å². The Morgan fingerprint density at radius 3 is 2.39 bits per heavy atom. The average Bonchev–Trinajstić information content (AvgIpc) is 3.17. The van der Waals surface area contributed by atoms with Crippen LogP contribution in [-0.4, -0.2) is 12.5 Å². The smallest absolute Gasteiger partial charge is 0.248 e. The van der Waals surface area contributed by atoms with E-state index in [9.17, 15) is 4.79 Å². The van der Waals surface area contributed by atoms with Gasteiger partial charge in [-0.1, -0.05) is 41.5 Å². The summed E-state index contributed by atoms with van der Waals surface area (Å²) >= 11 is 0. The van der Waals surface area contributed by atoms with E-state index in [-0.39, 0.29) is 5.91 Å². The van der Waals surface area contributed by atoms with Crippen LogP contribution in [0, 0.1) is 20.8 Å². The van der Waals surface area contributed by atoms with Crippen LogP contribution in [0.25, 0.3) is 27.7 Å². The lowest BCUT2D eigenvalue weighted by molar-refractivity contribution is -0.111.